The van der Waals surface area contributed by atoms with Crippen LogP contribution in [0.15, 0.2) is 12.5 Å². The SMILES string of the molecule is CC(NC(=O)c1cnc[nH]1)C(N)=O. The van der Waals surface area contributed by atoms with Crippen molar-refractivity contribution in [2.75, 3.05) is 0 Å². The quantitative estimate of drug-likeness (QED) is 0.559. The zero-order valence-corrected chi connectivity index (χ0v) is 7.07. The number of aromatic amines is 1. The van der Waals surface area contributed by atoms with Crippen LogP contribution in [0.5, 0.6) is 0 Å². The van der Waals surface area contributed by atoms with Gasteiger partial charge in [0.15, 0.2) is 0 Å². The molecule has 0 saturated heterocycles. The fourth-order valence-electron chi connectivity index (χ4n) is 0.726. The second kappa shape index (κ2) is 3.70. The molecule has 6 heteroatoms. The van der Waals surface area contributed by atoms with Crippen molar-refractivity contribution < 1.29 is 9.59 Å². The summed E-state index contributed by atoms with van der Waals surface area (Å²) in [5, 5.41) is 2.40. The molecule has 0 fully saturated rings. The van der Waals surface area contributed by atoms with Gasteiger partial charge in [0.25, 0.3) is 5.91 Å². The van der Waals surface area contributed by atoms with E-state index < -0.39 is 17.9 Å². The molecular formula is C7H10N4O2. The Morgan fingerprint density at radius 3 is 2.85 bits per heavy atom. The average Bonchev–Trinajstić information content (AvgIpc) is 2.55. The van der Waals surface area contributed by atoms with Crippen molar-refractivity contribution in [3.05, 3.63) is 18.2 Å². The van der Waals surface area contributed by atoms with Crippen molar-refractivity contribution in [1.29, 1.82) is 0 Å². The van der Waals surface area contributed by atoms with Gasteiger partial charge < -0.3 is 16.0 Å². The van der Waals surface area contributed by atoms with Crippen LogP contribution in [0.3, 0.4) is 0 Å². The second-order valence-corrected chi connectivity index (χ2v) is 2.56. The van der Waals surface area contributed by atoms with Crippen LogP contribution in [0, 0.1) is 0 Å². The van der Waals surface area contributed by atoms with Gasteiger partial charge in [-0.15, -0.1) is 0 Å². The zero-order valence-electron chi connectivity index (χ0n) is 7.07. The van der Waals surface area contributed by atoms with E-state index >= 15 is 0 Å². The molecular weight excluding hydrogens is 172 g/mol. The molecule has 0 bridgehead atoms. The van der Waals surface area contributed by atoms with Gasteiger partial charge in [0.05, 0.1) is 12.5 Å². The number of amides is 2. The first-order chi connectivity index (χ1) is 6.11. The number of imidazole rings is 1. The minimum atomic E-state index is -0.684. The van der Waals surface area contributed by atoms with Crippen LogP contribution in [0.1, 0.15) is 17.4 Å². The molecule has 1 atom stereocenters. The number of nitrogens with one attached hydrogen (secondary N) is 2. The number of aromatic nitrogens is 2. The lowest BCUT2D eigenvalue weighted by Gasteiger charge is -2.07. The summed E-state index contributed by atoms with van der Waals surface area (Å²) in [6.45, 7) is 1.51. The van der Waals surface area contributed by atoms with Gasteiger partial charge in [-0.1, -0.05) is 0 Å². The third-order valence-corrected chi connectivity index (χ3v) is 1.52. The van der Waals surface area contributed by atoms with E-state index in [-0.39, 0.29) is 0 Å². The van der Waals surface area contributed by atoms with Gasteiger partial charge in [0.2, 0.25) is 5.91 Å². The van der Waals surface area contributed by atoms with Gasteiger partial charge in [-0.2, -0.15) is 0 Å². The van der Waals surface area contributed by atoms with Crippen LogP contribution >= 0.6 is 0 Å². The van der Waals surface area contributed by atoms with Crippen molar-refractivity contribution in [2.24, 2.45) is 5.73 Å². The first-order valence-corrected chi connectivity index (χ1v) is 3.70. The van der Waals surface area contributed by atoms with E-state index in [1.807, 2.05) is 0 Å². The van der Waals surface area contributed by atoms with E-state index in [2.05, 4.69) is 15.3 Å². The maximum Gasteiger partial charge on any atom is 0.269 e. The summed E-state index contributed by atoms with van der Waals surface area (Å²) < 4.78 is 0. The third-order valence-electron chi connectivity index (χ3n) is 1.52. The highest BCUT2D eigenvalue weighted by Gasteiger charge is 2.13. The molecule has 0 aromatic carbocycles. The fraction of sp³-hybridized carbons (Fsp3) is 0.286. The van der Waals surface area contributed by atoms with E-state index in [1.165, 1.54) is 19.4 Å². The number of primary amides is 1. The molecule has 70 valence electrons. The predicted octanol–water partition coefficient (Wildman–Crippen LogP) is -0.987. The lowest BCUT2D eigenvalue weighted by molar-refractivity contribution is -0.119. The van der Waals surface area contributed by atoms with Crippen molar-refractivity contribution in [2.45, 2.75) is 13.0 Å². The van der Waals surface area contributed by atoms with E-state index in [9.17, 15) is 9.59 Å². The fourth-order valence-corrected chi connectivity index (χ4v) is 0.726. The maximum atomic E-state index is 11.2. The first kappa shape index (κ1) is 9.24. The molecule has 1 unspecified atom stereocenters. The second-order valence-electron chi connectivity index (χ2n) is 2.56. The van der Waals surface area contributed by atoms with Crippen LogP contribution in [-0.2, 0) is 4.79 Å². The molecule has 0 aliphatic rings. The summed E-state index contributed by atoms with van der Waals surface area (Å²) in [5.41, 5.74) is 5.26. The molecule has 0 aliphatic heterocycles. The summed E-state index contributed by atoms with van der Waals surface area (Å²) in [6, 6.07) is -0.684. The van der Waals surface area contributed by atoms with Gasteiger partial charge in [-0.05, 0) is 6.92 Å². The van der Waals surface area contributed by atoms with Crippen LogP contribution in [0.25, 0.3) is 0 Å². The molecule has 2 amide bonds. The molecule has 0 aliphatic carbocycles. The van der Waals surface area contributed by atoms with Crippen molar-refractivity contribution in [1.82, 2.24) is 15.3 Å². The van der Waals surface area contributed by atoms with Crippen molar-refractivity contribution in [3.63, 3.8) is 0 Å². The lowest BCUT2D eigenvalue weighted by Crippen LogP contribution is -2.42. The molecule has 1 heterocycles. The highest BCUT2D eigenvalue weighted by Crippen LogP contribution is 1.91. The van der Waals surface area contributed by atoms with E-state index in [0.29, 0.717) is 5.69 Å². The van der Waals surface area contributed by atoms with Gasteiger partial charge in [-0.25, -0.2) is 4.98 Å². The first-order valence-electron chi connectivity index (χ1n) is 3.70. The lowest BCUT2D eigenvalue weighted by atomic mass is 10.3. The number of hydrogen-bond donors (Lipinski definition) is 3. The van der Waals surface area contributed by atoms with Crippen LogP contribution in [0.4, 0.5) is 0 Å². The van der Waals surface area contributed by atoms with E-state index in [1.54, 1.807) is 0 Å². The summed E-state index contributed by atoms with van der Waals surface area (Å²) in [4.78, 5) is 28.1. The smallest absolute Gasteiger partial charge is 0.269 e. The van der Waals surface area contributed by atoms with E-state index in [4.69, 9.17) is 5.73 Å². The molecule has 0 radical (unpaired) electrons. The summed E-state index contributed by atoms with van der Waals surface area (Å²) in [6.07, 6.45) is 2.74. The largest absolute Gasteiger partial charge is 0.368 e. The van der Waals surface area contributed by atoms with Crippen LogP contribution in [-0.4, -0.2) is 27.8 Å². The van der Waals surface area contributed by atoms with Gasteiger partial charge >= 0.3 is 0 Å². The van der Waals surface area contributed by atoms with Crippen LogP contribution in [0.2, 0.25) is 0 Å². The van der Waals surface area contributed by atoms with Crippen molar-refractivity contribution >= 4 is 11.8 Å². The normalized spacial score (nSPS) is 12.1. The number of hydrogen-bond acceptors (Lipinski definition) is 3. The Bertz CT molecular complexity index is 306. The summed E-state index contributed by atoms with van der Waals surface area (Å²) in [7, 11) is 0. The topological polar surface area (TPSA) is 101 Å². The highest BCUT2D eigenvalue weighted by molar-refractivity contribution is 5.95. The Hall–Kier alpha value is -1.85. The van der Waals surface area contributed by atoms with Gasteiger partial charge in [-0.3, -0.25) is 9.59 Å². The monoisotopic (exact) mass is 182 g/mol. The predicted molar refractivity (Wildman–Crippen MR) is 44.7 cm³/mol. The minimum Gasteiger partial charge on any atom is -0.368 e. The molecule has 1 aromatic heterocycles. The Labute approximate surface area is 74.5 Å². The zero-order chi connectivity index (χ0) is 9.84. The Morgan fingerprint density at radius 1 is 1.69 bits per heavy atom. The molecule has 13 heavy (non-hydrogen) atoms. The molecule has 0 saturated carbocycles. The Morgan fingerprint density at radius 2 is 2.38 bits per heavy atom. The number of nitrogens with zero attached hydrogens (tertiary/aromatic N) is 1. The maximum absolute atomic E-state index is 11.2. The summed E-state index contributed by atoms with van der Waals surface area (Å²) >= 11 is 0. The number of carbonyl (C=O) groups is 2. The molecule has 1 aromatic rings. The third kappa shape index (κ3) is 2.29. The standard InChI is InChI=1S/C7H10N4O2/c1-4(6(8)12)11-7(13)5-2-9-3-10-5/h2-4H,1H3,(H2,8,12)(H,9,10)(H,11,13). The average molecular weight is 182 g/mol. The molecule has 4 N–H and O–H groups in total. The van der Waals surface area contributed by atoms with Gasteiger partial charge in [0, 0.05) is 0 Å². The summed E-state index contributed by atoms with van der Waals surface area (Å²) in [5.74, 6) is -0.975. The van der Waals surface area contributed by atoms with Gasteiger partial charge in [0.1, 0.15) is 11.7 Å². The van der Waals surface area contributed by atoms with Crippen LogP contribution < -0.4 is 11.1 Å². The Balaban J connectivity index is 2.56. The number of rotatable bonds is 3. The number of H-pyrrole nitrogens is 1. The van der Waals surface area contributed by atoms with E-state index in [0.717, 1.165) is 0 Å². The Kier molecular flexibility index (Phi) is 2.63. The highest BCUT2D eigenvalue weighted by atomic mass is 16.2. The molecule has 1 rings (SSSR count). The molecule has 6 nitrogen and oxygen atoms in total. The molecule has 0 spiro atoms. The number of carbonyl (C=O) groups excluding carboxylic acids is 2. The van der Waals surface area contributed by atoms with Crippen molar-refractivity contribution in [3.8, 4) is 0 Å². The number of nitrogens with two attached hydrogens (primary N) is 1. The minimum absolute atomic E-state index is 0.299.